The van der Waals surface area contributed by atoms with Gasteiger partial charge in [0, 0.05) is 25.9 Å². The third kappa shape index (κ3) is 2.72. The van der Waals surface area contributed by atoms with Gasteiger partial charge in [0.25, 0.3) is 0 Å². The number of amides is 1. The van der Waals surface area contributed by atoms with E-state index in [1.165, 1.54) is 0 Å². The van der Waals surface area contributed by atoms with Gasteiger partial charge in [-0.15, -0.1) is 0 Å². The van der Waals surface area contributed by atoms with Crippen LogP contribution in [-0.4, -0.2) is 41.1 Å². The molecule has 2 saturated heterocycles. The van der Waals surface area contributed by atoms with Crippen molar-refractivity contribution in [1.82, 2.24) is 9.38 Å². The molecule has 2 aliphatic rings. The van der Waals surface area contributed by atoms with Crippen LogP contribution >= 0.6 is 0 Å². The molecular formula is C18H21N5O2. The molecule has 0 unspecified atom stereocenters. The van der Waals surface area contributed by atoms with Crippen molar-refractivity contribution in [2.75, 3.05) is 24.6 Å². The molecule has 2 atom stereocenters. The quantitative estimate of drug-likeness (QED) is 0.909. The average Bonchev–Trinajstić information content (AvgIpc) is 3.26. The van der Waals surface area contributed by atoms with Crippen LogP contribution in [0, 0.1) is 23.2 Å². The molecule has 4 rings (SSSR count). The minimum absolute atomic E-state index is 0.0591. The van der Waals surface area contributed by atoms with Gasteiger partial charge in [-0.05, 0) is 37.3 Å². The molecule has 25 heavy (non-hydrogen) atoms. The van der Waals surface area contributed by atoms with Crippen LogP contribution in [-0.2, 0) is 9.53 Å². The molecule has 2 aliphatic heterocycles. The van der Waals surface area contributed by atoms with Gasteiger partial charge >= 0.3 is 0 Å². The fraction of sp³-hybridized carbons (Fsp3) is 0.500. The van der Waals surface area contributed by atoms with Crippen LogP contribution in [0.25, 0.3) is 5.65 Å². The molecule has 0 radical (unpaired) electrons. The van der Waals surface area contributed by atoms with E-state index in [-0.39, 0.29) is 17.9 Å². The smallest absolute Gasteiger partial charge is 0.223 e. The number of hydrogen-bond donors (Lipinski definition) is 1. The lowest BCUT2D eigenvalue weighted by Crippen LogP contribution is -2.42. The molecule has 0 bridgehead atoms. The number of anilines is 1. The van der Waals surface area contributed by atoms with Crippen LogP contribution in [0.1, 0.15) is 25.0 Å². The second kappa shape index (κ2) is 6.37. The Bertz CT molecular complexity index is 832. The highest BCUT2D eigenvalue weighted by molar-refractivity contribution is 5.77. The number of pyridine rings is 1. The SMILES string of the molecule is N#Cc1c(N2CCC([C@H]3OCC[C@@H]3C(N)=O)CC2)nc2ccccn12. The summed E-state index contributed by atoms with van der Waals surface area (Å²) in [4.78, 5) is 18.4. The summed E-state index contributed by atoms with van der Waals surface area (Å²) in [5.74, 6) is 0.656. The fourth-order valence-electron chi connectivity index (χ4n) is 4.13. The van der Waals surface area contributed by atoms with Crippen LogP contribution in [0.4, 0.5) is 5.82 Å². The summed E-state index contributed by atoms with van der Waals surface area (Å²) < 4.78 is 7.63. The largest absolute Gasteiger partial charge is 0.377 e. The van der Waals surface area contributed by atoms with Crippen LogP contribution in [0.5, 0.6) is 0 Å². The van der Waals surface area contributed by atoms with Crippen molar-refractivity contribution in [1.29, 1.82) is 5.26 Å². The molecule has 1 amide bonds. The number of nitrogens with two attached hydrogens (primary N) is 1. The minimum atomic E-state index is -0.253. The van der Waals surface area contributed by atoms with E-state index in [9.17, 15) is 10.1 Å². The molecule has 2 fully saturated rings. The van der Waals surface area contributed by atoms with Gasteiger partial charge in [-0.1, -0.05) is 6.07 Å². The zero-order chi connectivity index (χ0) is 17.4. The minimum Gasteiger partial charge on any atom is -0.377 e. The van der Waals surface area contributed by atoms with Crippen LogP contribution in [0.15, 0.2) is 24.4 Å². The third-order valence-electron chi connectivity index (χ3n) is 5.42. The maximum Gasteiger partial charge on any atom is 0.223 e. The molecule has 0 aliphatic carbocycles. The highest BCUT2D eigenvalue weighted by Crippen LogP contribution is 2.34. The van der Waals surface area contributed by atoms with Crippen molar-refractivity contribution >= 4 is 17.4 Å². The molecule has 130 valence electrons. The normalized spacial score (nSPS) is 24.5. The van der Waals surface area contributed by atoms with Crippen molar-refractivity contribution in [3.8, 4) is 6.07 Å². The predicted octanol–water partition coefficient (Wildman–Crippen LogP) is 1.31. The highest BCUT2D eigenvalue weighted by atomic mass is 16.5. The van der Waals surface area contributed by atoms with Crippen molar-refractivity contribution in [2.24, 2.45) is 17.6 Å². The van der Waals surface area contributed by atoms with E-state index in [1.54, 1.807) is 0 Å². The molecule has 7 nitrogen and oxygen atoms in total. The number of ether oxygens (including phenoxy) is 1. The first-order valence-electron chi connectivity index (χ1n) is 8.72. The van der Waals surface area contributed by atoms with Gasteiger partial charge < -0.3 is 15.4 Å². The summed E-state index contributed by atoms with van der Waals surface area (Å²) in [5.41, 5.74) is 6.87. The predicted molar refractivity (Wildman–Crippen MR) is 91.9 cm³/mol. The van der Waals surface area contributed by atoms with Gasteiger partial charge in [-0.25, -0.2) is 4.98 Å². The first kappa shape index (κ1) is 15.9. The first-order chi connectivity index (χ1) is 12.2. The van der Waals surface area contributed by atoms with Gasteiger partial charge in [0.2, 0.25) is 5.91 Å². The Morgan fingerprint density at radius 1 is 1.32 bits per heavy atom. The zero-order valence-electron chi connectivity index (χ0n) is 14.0. The number of rotatable bonds is 3. The van der Waals surface area contributed by atoms with Gasteiger partial charge in [0.15, 0.2) is 11.5 Å². The number of piperidine rings is 1. The highest BCUT2D eigenvalue weighted by Gasteiger charge is 2.39. The van der Waals surface area contributed by atoms with E-state index in [2.05, 4.69) is 16.0 Å². The molecule has 2 N–H and O–H groups in total. The maximum atomic E-state index is 11.6. The molecule has 0 spiro atoms. The van der Waals surface area contributed by atoms with Crippen LogP contribution in [0.2, 0.25) is 0 Å². The average molecular weight is 339 g/mol. The summed E-state index contributed by atoms with van der Waals surface area (Å²) in [5, 5.41) is 9.55. The maximum absolute atomic E-state index is 11.6. The summed E-state index contributed by atoms with van der Waals surface area (Å²) >= 11 is 0. The first-order valence-corrected chi connectivity index (χ1v) is 8.72. The fourth-order valence-corrected chi connectivity index (χ4v) is 4.13. The number of nitrogens with zero attached hydrogens (tertiary/aromatic N) is 4. The summed E-state index contributed by atoms with van der Waals surface area (Å²) in [6, 6.07) is 7.99. The van der Waals surface area contributed by atoms with Gasteiger partial charge in [-0.3, -0.25) is 9.20 Å². The number of hydrogen-bond acceptors (Lipinski definition) is 5. The molecule has 0 aromatic carbocycles. The standard InChI is InChI=1S/C18H21N5O2/c19-11-14-18(21-15-3-1-2-7-23(14)15)22-8-4-12(5-9-22)16-13(17(20)24)6-10-25-16/h1-3,7,12-13,16H,4-6,8-10H2,(H2,20,24)/t13-,16+/m0/s1. The number of imidazole rings is 1. The number of nitriles is 1. The summed E-state index contributed by atoms with van der Waals surface area (Å²) in [6.07, 6.45) is 4.35. The van der Waals surface area contributed by atoms with E-state index in [0.29, 0.717) is 18.2 Å². The molecular weight excluding hydrogens is 318 g/mol. The topological polar surface area (TPSA) is 96.6 Å². The van der Waals surface area contributed by atoms with Crippen LogP contribution in [0.3, 0.4) is 0 Å². The Labute approximate surface area is 146 Å². The van der Waals surface area contributed by atoms with E-state index >= 15 is 0 Å². The van der Waals surface area contributed by atoms with Gasteiger partial charge in [0.1, 0.15) is 11.7 Å². The Morgan fingerprint density at radius 3 is 2.84 bits per heavy atom. The Balaban J connectivity index is 1.51. The Hall–Kier alpha value is -2.59. The Morgan fingerprint density at radius 2 is 2.12 bits per heavy atom. The lowest BCUT2D eigenvalue weighted by atomic mass is 9.84. The molecule has 4 heterocycles. The van der Waals surface area contributed by atoms with Crippen molar-refractivity contribution in [3.63, 3.8) is 0 Å². The molecule has 7 heteroatoms. The molecule has 0 saturated carbocycles. The van der Waals surface area contributed by atoms with E-state index in [0.717, 1.165) is 43.8 Å². The lowest BCUT2D eigenvalue weighted by Gasteiger charge is -2.35. The number of primary amides is 1. The van der Waals surface area contributed by atoms with Crippen LogP contribution < -0.4 is 10.6 Å². The summed E-state index contributed by atoms with van der Waals surface area (Å²) in [7, 11) is 0. The van der Waals surface area contributed by atoms with Crippen molar-refractivity contribution < 1.29 is 9.53 Å². The monoisotopic (exact) mass is 339 g/mol. The molecule has 2 aromatic heterocycles. The van der Waals surface area contributed by atoms with E-state index in [1.807, 2.05) is 28.8 Å². The van der Waals surface area contributed by atoms with E-state index < -0.39 is 0 Å². The zero-order valence-corrected chi connectivity index (χ0v) is 14.0. The summed E-state index contributed by atoms with van der Waals surface area (Å²) in [6.45, 7) is 2.21. The molecule has 2 aromatic rings. The number of fused-ring (bicyclic) bond motifs is 1. The van der Waals surface area contributed by atoms with Gasteiger partial charge in [-0.2, -0.15) is 5.26 Å². The van der Waals surface area contributed by atoms with Crippen molar-refractivity contribution in [2.45, 2.75) is 25.4 Å². The number of aromatic nitrogens is 2. The number of carbonyl (C=O) groups is 1. The second-order valence-electron chi connectivity index (χ2n) is 6.78. The Kier molecular flexibility index (Phi) is 4.06. The second-order valence-corrected chi connectivity index (χ2v) is 6.78. The number of carbonyl (C=O) groups excluding carboxylic acids is 1. The van der Waals surface area contributed by atoms with Crippen molar-refractivity contribution in [3.05, 3.63) is 30.1 Å². The third-order valence-corrected chi connectivity index (χ3v) is 5.42. The van der Waals surface area contributed by atoms with E-state index in [4.69, 9.17) is 10.5 Å². The van der Waals surface area contributed by atoms with Gasteiger partial charge in [0.05, 0.1) is 12.0 Å². The lowest BCUT2D eigenvalue weighted by molar-refractivity contribution is -0.124.